The van der Waals surface area contributed by atoms with Crippen LogP contribution >= 0.6 is 22.0 Å². The number of halogens is 1. The minimum absolute atomic E-state index is 0.0321. The third kappa shape index (κ3) is 5.42. The summed E-state index contributed by atoms with van der Waals surface area (Å²) < 4.78 is 22.4. The van der Waals surface area contributed by atoms with Gasteiger partial charge in [0.05, 0.1) is 6.54 Å². The van der Waals surface area contributed by atoms with Crippen LogP contribution in [-0.2, 0) is 20.4 Å². The molecule has 0 aromatic carbocycles. The molecule has 1 amide bonds. The molecule has 114 valence electrons. The standard InChI is InChI=1S/C13H20ClNO3S2/c1-3-5-6-10(4-2)13(16)15-9-11-7-8-12(19-11)20(14,17)18/h7-8,10H,3-6,9H2,1-2H3,(H,15,16). The number of unbranched alkanes of at least 4 members (excludes halogenated alkanes) is 1. The lowest BCUT2D eigenvalue weighted by molar-refractivity contribution is -0.125. The van der Waals surface area contributed by atoms with Crippen LogP contribution in [0.1, 0.15) is 44.4 Å². The van der Waals surface area contributed by atoms with E-state index in [9.17, 15) is 13.2 Å². The van der Waals surface area contributed by atoms with Gasteiger partial charge in [-0.25, -0.2) is 8.42 Å². The summed E-state index contributed by atoms with van der Waals surface area (Å²) >= 11 is 1.08. The van der Waals surface area contributed by atoms with Gasteiger partial charge in [-0.05, 0) is 25.0 Å². The first-order chi connectivity index (χ1) is 9.38. The lowest BCUT2D eigenvalue weighted by Gasteiger charge is -2.13. The van der Waals surface area contributed by atoms with E-state index in [-0.39, 0.29) is 16.0 Å². The van der Waals surface area contributed by atoms with E-state index in [2.05, 4.69) is 12.2 Å². The normalized spacial score (nSPS) is 13.2. The van der Waals surface area contributed by atoms with Crippen molar-refractivity contribution in [2.75, 3.05) is 0 Å². The van der Waals surface area contributed by atoms with Crippen LogP contribution in [0.2, 0.25) is 0 Å². The minimum Gasteiger partial charge on any atom is -0.351 e. The summed E-state index contributed by atoms with van der Waals surface area (Å²) in [4.78, 5) is 12.8. The third-order valence-electron chi connectivity index (χ3n) is 3.08. The van der Waals surface area contributed by atoms with Crippen LogP contribution in [0.15, 0.2) is 16.3 Å². The highest BCUT2D eigenvalue weighted by Crippen LogP contribution is 2.24. The highest BCUT2D eigenvalue weighted by atomic mass is 35.7. The fourth-order valence-corrected chi connectivity index (χ4v) is 3.94. The van der Waals surface area contributed by atoms with E-state index in [0.29, 0.717) is 6.54 Å². The Kier molecular flexibility index (Phi) is 6.99. The molecule has 1 unspecified atom stereocenters. The lowest BCUT2D eigenvalue weighted by Crippen LogP contribution is -2.29. The summed E-state index contributed by atoms with van der Waals surface area (Å²) in [5.41, 5.74) is 0. The molecule has 0 aliphatic carbocycles. The molecule has 0 saturated carbocycles. The van der Waals surface area contributed by atoms with Gasteiger partial charge in [0.25, 0.3) is 9.05 Å². The van der Waals surface area contributed by atoms with Gasteiger partial charge in [0.2, 0.25) is 5.91 Å². The van der Waals surface area contributed by atoms with Gasteiger partial charge in [-0.3, -0.25) is 4.79 Å². The number of nitrogens with one attached hydrogen (secondary N) is 1. The van der Waals surface area contributed by atoms with E-state index in [4.69, 9.17) is 10.7 Å². The number of hydrogen-bond donors (Lipinski definition) is 1. The quantitative estimate of drug-likeness (QED) is 0.738. The van der Waals surface area contributed by atoms with Crippen molar-refractivity contribution in [2.45, 2.75) is 50.3 Å². The van der Waals surface area contributed by atoms with E-state index in [0.717, 1.165) is 41.9 Å². The first kappa shape index (κ1) is 17.5. The van der Waals surface area contributed by atoms with Gasteiger partial charge in [0.15, 0.2) is 0 Å². The number of carbonyl (C=O) groups excluding carboxylic acids is 1. The molecule has 1 atom stereocenters. The van der Waals surface area contributed by atoms with Crippen LogP contribution in [0.3, 0.4) is 0 Å². The number of rotatable bonds is 8. The van der Waals surface area contributed by atoms with Crippen molar-refractivity contribution in [3.63, 3.8) is 0 Å². The second-order valence-corrected chi connectivity index (χ2v) is 8.58. The van der Waals surface area contributed by atoms with Crippen LogP contribution in [0, 0.1) is 5.92 Å². The van der Waals surface area contributed by atoms with Crippen molar-refractivity contribution < 1.29 is 13.2 Å². The van der Waals surface area contributed by atoms with Gasteiger partial charge in [0.1, 0.15) is 4.21 Å². The Morgan fingerprint density at radius 2 is 2.10 bits per heavy atom. The average Bonchev–Trinajstić information content (AvgIpc) is 2.86. The second kappa shape index (κ2) is 8.00. The predicted octanol–water partition coefficient (Wildman–Crippen LogP) is 3.51. The maximum atomic E-state index is 12.0. The highest BCUT2D eigenvalue weighted by molar-refractivity contribution is 8.15. The number of thiophene rings is 1. The zero-order valence-electron chi connectivity index (χ0n) is 11.7. The van der Waals surface area contributed by atoms with Crippen molar-refractivity contribution in [3.8, 4) is 0 Å². The molecule has 0 aliphatic heterocycles. The Balaban J connectivity index is 2.54. The van der Waals surface area contributed by atoms with Crippen LogP contribution < -0.4 is 5.32 Å². The Labute approximate surface area is 129 Å². The van der Waals surface area contributed by atoms with Crippen molar-refractivity contribution in [1.82, 2.24) is 5.32 Å². The molecule has 0 bridgehead atoms. The molecule has 1 heterocycles. The zero-order chi connectivity index (χ0) is 15.2. The van der Waals surface area contributed by atoms with Gasteiger partial charge in [-0.2, -0.15) is 0 Å². The van der Waals surface area contributed by atoms with E-state index in [1.54, 1.807) is 6.07 Å². The Bertz CT molecular complexity index is 540. The van der Waals surface area contributed by atoms with Crippen LogP contribution in [-0.4, -0.2) is 14.3 Å². The topological polar surface area (TPSA) is 63.2 Å². The van der Waals surface area contributed by atoms with Crippen molar-refractivity contribution in [2.24, 2.45) is 5.92 Å². The minimum atomic E-state index is -3.68. The smallest absolute Gasteiger partial charge is 0.270 e. The van der Waals surface area contributed by atoms with Gasteiger partial charge in [-0.15, -0.1) is 11.3 Å². The molecular weight excluding hydrogens is 318 g/mol. The summed E-state index contributed by atoms with van der Waals surface area (Å²) in [5, 5.41) is 2.86. The summed E-state index contributed by atoms with van der Waals surface area (Å²) in [6.07, 6.45) is 3.83. The van der Waals surface area contributed by atoms with Gasteiger partial charge in [0, 0.05) is 21.5 Å². The molecule has 4 nitrogen and oxygen atoms in total. The molecule has 1 N–H and O–H groups in total. The molecule has 0 fully saturated rings. The van der Waals surface area contributed by atoms with Crippen LogP contribution in [0.25, 0.3) is 0 Å². The molecular formula is C13H20ClNO3S2. The van der Waals surface area contributed by atoms with Crippen LogP contribution in [0.5, 0.6) is 0 Å². The summed E-state index contributed by atoms with van der Waals surface area (Å²) in [7, 11) is 1.58. The first-order valence-electron chi connectivity index (χ1n) is 6.69. The van der Waals surface area contributed by atoms with E-state index >= 15 is 0 Å². The number of amides is 1. The van der Waals surface area contributed by atoms with Gasteiger partial charge >= 0.3 is 0 Å². The second-order valence-electron chi connectivity index (χ2n) is 4.62. The maximum absolute atomic E-state index is 12.0. The van der Waals surface area contributed by atoms with E-state index in [1.165, 1.54) is 6.07 Å². The molecule has 1 aromatic heterocycles. The highest BCUT2D eigenvalue weighted by Gasteiger charge is 2.17. The summed E-state index contributed by atoms with van der Waals surface area (Å²) in [6.45, 7) is 4.45. The van der Waals surface area contributed by atoms with Crippen molar-refractivity contribution in [1.29, 1.82) is 0 Å². The Morgan fingerprint density at radius 1 is 1.40 bits per heavy atom. The summed E-state index contributed by atoms with van der Waals surface area (Å²) in [6, 6.07) is 3.14. The van der Waals surface area contributed by atoms with E-state index < -0.39 is 9.05 Å². The molecule has 7 heteroatoms. The van der Waals surface area contributed by atoms with Crippen molar-refractivity contribution >= 4 is 37.0 Å². The van der Waals surface area contributed by atoms with Crippen LogP contribution in [0.4, 0.5) is 0 Å². The maximum Gasteiger partial charge on any atom is 0.270 e. The Morgan fingerprint density at radius 3 is 2.60 bits per heavy atom. The summed E-state index contributed by atoms with van der Waals surface area (Å²) in [5.74, 6) is 0.0655. The number of hydrogen-bond acceptors (Lipinski definition) is 4. The molecule has 20 heavy (non-hydrogen) atoms. The predicted molar refractivity (Wildman–Crippen MR) is 82.5 cm³/mol. The van der Waals surface area contributed by atoms with E-state index in [1.807, 2.05) is 6.92 Å². The zero-order valence-corrected chi connectivity index (χ0v) is 14.1. The fourth-order valence-electron chi connectivity index (χ4n) is 1.87. The molecule has 0 aliphatic rings. The van der Waals surface area contributed by atoms with Gasteiger partial charge < -0.3 is 5.32 Å². The monoisotopic (exact) mass is 337 g/mol. The molecule has 0 radical (unpaired) electrons. The largest absolute Gasteiger partial charge is 0.351 e. The molecule has 1 aromatic rings. The first-order valence-corrected chi connectivity index (χ1v) is 9.82. The molecule has 0 spiro atoms. The fraction of sp³-hybridized carbons (Fsp3) is 0.615. The SMILES string of the molecule is CCCCC(CC)C(=O)NCc1ccc(S(=O)(=O)Cl)s1. The Hall–Kier alpha value is -0.590. The van der Waals surface area contributed by atoms with Crippen molar-refractivity contribution in [3.05, 3.63) is 17.0 Å². The molecule has 1 rings (SSSR count). The molecule has 0 saturated heterocycles. The number of carbonyl (C=O) groups is 1. The lowest BCUT2D eigenvalue weighted by atomic mass is 9.98. The third-order valence-corrected chi connectivity index (χ3v) is 6.26. The average molecular weight is 338 g/mol. The van der Waals surface area contributed by atoms with Gasteiger partial charge in [-0.1, -0.05) is 26.7 Å².